The van der Waals surface area contributed by atoms with E-state index in [1.165, 1.54) is 0 Å². The second-order valence-corrected chi connectivity index (χ2v) is 4.41. The first kappa shape index (κ1) is 11.4. The van der Waals surface area contributed by atoms with Gasteiger partial charge in [-0.3, -0.25) is 4.68 Å². The summed E-state index contributed by atoms with van der Waals surface area (Å²) in [5.41, 5.74) is 1.67. The Balaban J connectivity index is 2.31. The summed E-state index contributed by atoms with van der Waals surface area (Å²) in [6.07, 6.45) is 2.94. The van der Waals surface area contributed by atoms with Gasteiger partial charge in [0.05, 0.1) is 6.20 Å². The van der Waals surface area contributed by atoms with Crippen molar-refractivity contribution in [2.24, 2.45) is 0 Å². The number of hydrogen-bond acceptors (Lipinski definition) is 2. The van der Waals surface area contributed by atoms with E-state index in [1.807, 2.05) is 37.4 Å². The minimum Gasteiger partial charge on any atom is -0.383 e. The molecule has 1 N–H and O–H groups in total. The molecule has 0 saturated carbocycles. The summed E-state index contributed by atoms with van der Waals surface area (Å²) in [4.78, 5) is 0. The number of aliphatic hydroxyl groups is 1. The molecule has 0 fully saturated rings. The fraction of sp³-hybridized carbons (Fsp3) is 0.250. The number of hydrogen-bond donors (Lipinski definition) is 1. The molecular weight excluding hydrogens is 268 g/mol. The molecule has 3 nitrogen and oxygen atoms in total. The highest BCUT2D eigenvalue weighted by atomic mass is 79.9. The lowest BCUT2D eigenvalue weighted by Crippen LogP contribution is -1.99. The Labute approximate surface area is 103 Å². The first-order valence-corrected chi connectivity index (χ1v) is 5.96. The topological polar surface area (TPSA) is 38.0 Å². The third-order valence-electron chi connectivity index (χ3n) is 2.49. The first-order valence-electron chi connectivity index (χ1n) is 5.17. The highest BCUT2D eigenvalue weighted by Gasteiger charge is 2.14. The van der Waals surface area contributed by atoms with Gasteiger partial charge in [0, 0.05) is 22.8 Å². The molecule has 0 bridgehead atoms. The molecule has 1 aromatic carbocycles. The average Bonchev–Trinajstić information content (AvgIpc) is 2.77. The molecule has 1 aromatic heterocycles. The second-order valence-electron chi connectivity index (χ2n) is 3.55. The quantitative estimate of drug-likeness (QED) is 0.939. The Morgan fingerprint density at radius 2 is 2.19 bits per heavy atom. The van der Waals surface area contributed by atoms with Gasteiger partial charge in [0.1, 0.15) is 6.10 Å². The minimum atomic E-state index is -0.629. The van der Waals surface area contributed by atoms with Crippen LogP contribution < -0.4 is 0 Å². The molecule has 0 amide bonds. The molecule has 2 rings (SSSR count). The number of aryl methyl sites for hydroxylation is 1. The van der Waals surface area contributed by atoms with Crippen molar-refractivity contribution in [2.45, 2.75) is 19.6 Å². The van der Waals surface area contributed by atoms with Crippen LogP contribution in [0.2, 0.25) is 0 Å². The van der Waals surface area contributed by atoms with Crippen molar-refractivity contribution in [1.29, 1.82) is 0 Å². The van der Waals surface area contributed by atoms with Gasteiger partial charge in [-0.05, 0) is 18.6 Å². The van der Waals surface area contributed by atoms with Crippen LogP contribution in [-0.2, 0) is 6.54 Å². The van der Waals surface area contributed by atoms with Crippen LogP contribution in [0.1, 0.15) is 24.2 Å². The van der Waals surface area contributed by atoms with Crippen molar-refractivity contribution in [1.82, 2.24) is 9.78 Å². The maximum Gasteiger partial charge on any atom is 0.108 e. The number of benzene rings is 1. The molecule has 2 aromatic rings. The molecule has 1 atom stereocenters. The Morgan fingerprint density at radius 1 is 1.44 bits per heavy atom. The smallest absolute Gasteiger partial charge is 0.108 e. The SMILES string of the molecule is CCn1cc(C(O)c2ccccc2Br)cn1. The summed E-state index contributed by atoms with van der Waals surface area (Å²) in [5, 5.41) is 14.4. The number of rotatable bonds is 3. The zero-order valence-electron chi connectivity index (χ0n) is 8.97. The molecule has 0 radical (unpaired) electrons. The van der Waals surface area contributed by atoms with Crippen molar-refractivity contribution >= 4 is 15.9 Å². The molecule has 1 unspecified atom stereocenters. The Kier molecular flexibility index (Phi) is 3.41. The van der Waals surface area contributed by atoms with E-state index in [1.54, 1.807) is 10.9 Å². The summed E-state index contributed by atoms with van der Waals surface area (Å²) in [5.74, 6) is 0. The Bertz CT molecular complexity index is 481. The molecule has 0 aliphatic carbocycles. The molecule has 16 heavy (non-hydrogen) atoms. The van der Waals surface area contributed by atoms with Crippen molar-refractivity contribution in [3.63, 3.8) is 0 Å². The van der Waals surface area contributed by atoms with Crippen molar-refractivity contribution < 1.29 is 5.11 Å². The fourth-order valence-electron chi connectivity index (χ4n) is 1.57. The van der Waals surface area contributed by atoms with Crippen LogP contribution in [0.4, 0.5) is 0 Å². The van der Waals surface area contributed by atoms with Crippen molar-refractivity contribution in [2.75, 3.05) is 0 Å². The maximum atomic E-state index is 10.2. The molecule has 0 saturated heterocycles. The zero-order chi connectivity index (χ0) is 11.5. The Hall–Kier alpha value is -1.13. The molecule has 0 spiro atoms. The monoisotopic (exact) mass is 280 g/mol. The summed E-state index contributed by atoms with van der Waals surface area (Å²) in [6.45, 7) is 2.82. The number of halogens is 1. The van der Waals surface area contributed by atoms with Gasteiger partial charge in [-0.1, -0.05) is 34.1 Å². The third-order valence-corrected chi connectivity index (χ3v) is 3.21. The van der Waals surface area contributed by atoms with Crippen LogP contribution in [0, 0.1) is 0 Å². The van der Waals surface area contributed by atoms with Gasteiger partial charge >= 0.3 is 0 Å². The highest BCUT2D eigenvalue weighted by molar-refractivity contribution is 9.10. The maximum absolute atomic E-state index is 10.2. The molecule has 4 heteroatoms. The average molecular weight is 281 g/mol. The van der Waals surface area contributed by atoms with Gasteiger partial charge in [-0.2, -0.15) is 5.10 Å². The van der Waals surface area contributed by atoms with Crippen LogP contribution in [-0.4, -0.2) is 14.9 Å². The lowest BCUT2D eigenvalue weighted by Gasteiger charge is -2.10. The summed E-state index contributed by atoms with van der Waals surface area (Å²) in [7, 11) is 0. The molecule has 0 aliphatic heterocycles. The van der Waals surface area contributed by atoms with Crippen LogP contribution >= 0.6 is 15.9 Å². The van der Waals surface area contributed by atoms with E-state index in [2.05, 4.69) is 21.0 Å². The minimum absolute atomic E-state index is 0.629. The molecule has 84 valence electrons. The summed E-state index contributed by atoms with van der Waals surface area (Å²) >= 11 is 3.43. The second kappa shape index (κ2) is 4.80. The van der Waals surface area contributed by atoms with Gasteiger partial charge in [0.2, 0.25) is 0 Å². The van der Waals surface area contributed by atoms with Crippen LogP contribution in [0.25, 0.3) is 0 Å². The summed E-state index contributed by atoms with van der Waals surface area (Å²) in [6, 6.07) is 7.66. The van der Waals surface area contributed by atoms with Crippen molar-refractivity contribution in [3.05, 3.63) is 52.3 Å². The number of nitrogens with zero attached hydrogens (tertiary/aromatic N) is 2. The van der Waals surface area contributed by atoms with Gasteiger partial charge < -0.3 is 5.11 Å². The number of aromatic nitrogens is 2. The standard InChI is InChI=1S/C12H13BrN2O/c1-2-15-8-9(7-14-15)12(16)10-5-3-4-6-11(10)13/h3-8,12,16H,2H2,1H3. The van der Waals surface area contributed by atoms with Crippen LogP contribution in [0.15, 0.2) is 41.1 Å². The first-order chi connectivity index (χ1) is 7.72. The molecule has 0 aliphatic rings. The summed E-state index contributed by atoms with van der Waals surface area (Å²) < 4.78 is 2.71. The van der Waals surface area contributed by atoms with Crippen LogP contribution in [0.3, 0.4) is 0 Å². The predicted octanol–water partition coefficient (Wildman–Crippen LogP) is 2.75. The molecular formula is C12H13BrN2O. The third kappa shape index (κ3) is 2.18. The lowest BCUT2D eigenvalue weighted by molar-refractivity contribution is 0.219. The van der Waals surface area contributed by atoms with E-state index in [4.69, 9.17) is 0 Å². The van der Waals surface area contributed by atoms with E-state index in [-0.39, 0.29) is 0 Å². The molecule has 1 heterocycles. The zero-order valence-corrected chi connectivity index (χ0v) is 10.6. The highest BCUT2D eigenvalue weighted by Crippen LogP contribution is 2.27. The fourth-order valence-corrected chi connectivity index (χ4v) is 2.07. The van der Waals surface area contributed by atoms with Gasteiger partial charge in [-0.15, -0.1) is 0 Å². The van der Waals surface area contributed by atoms with Crippen molar-refractivity contribution in [3.8, 4) is 0 Å². The largest absolute Gasteiger partial charge is 0.383 e. The van der Waals surface area contributed by atoms with E-state index in [0.717, 1.165) is 22.1 Å². The van der Waals surface area contributed by atoms with E-state index < -0.39 is 6.10 Å². The van der Waals surface area contributed by atoms with E-state index >= 15 is 0 Å². The normalized spacial score (nSPS) is 12.7. The lowest BCUT2D eigenvalue weighted by atomic mass is 10.1. The van der Waals surface area contributed by atoms with E-state index in [9.17, 15) is 5.11 Å². The predicted molar refractivity (Wildman–Crippen MR) is 66.1 cm³/mol. The number of aliphatic hydroxyl groups excluding tert-OH is 1. The van der Waals surface area contributed by atoms with Gasteiger partial charge in [-0.25, -0.2) is 0 Å². The van der Waals surface area contributed by atoms with Crippen LogP contribution in [0.5, 0.6) is 0 Å². The van der Waals surface area contributed by atoms with Gasteiger partial charge in [0.15, 0.2) is 0 Å². The van der Waals surface area contributed by atoms with Gasteiger partial charge in [0.25, 0.3) is 0 Å². The Morgan fingerprint density at radius 3 is 2.81 bits per heavy atom. The van der Waals surface area contributed by atoms with E-state index in [0.29, 0.717) is 0 Å².